The first-order chi connectivity index (χ1) is 10.3. The van der Waals surface area contributed by atoms with Gasteiger partial charge < -0.3 is 14.5 Å². The molecule has 0 atom stereocenters. The lowest BCUT2D eigenvalue weighted by atomic mass is 10.3. The third-order valence-electron chi connectivity index (χ3n) is 3.54. The second-order valence-electron chi connectivity index (χ2n) is 5.02. The second kappa shape index (κ2) is 6.26. The fraction of sp³-hybridized carbons (Fsp3) is 0.250. The molecule has 3 rings (SSSR count). The first-order valence-electron chi connectivity index (χ1n) is 7.10. The van der Waals surface area contributed by atoms with Crippen LogP contribution in [-0.4, -0.2) is 33.1 Å². The lowest BCUT2D eigenvalue weighted by Gasteiger charge is -2.19. The van der Waals surface area contributed by atoms with Crippen LogP contribution in [0, 0.1) is 0 Å². The molecular formula is C16H19N5. The molecule has 0 bridgehead atoms. The molecule has 5 nitrogen and oxygen atoms in total. The van der Waals surface area contributed by atoms with E-state index < -0.39 is 0 Å². The number of aryl methyl sites for hydroxylation is 1. The number of aromatic amines is 1. The van der Waals surface area contributed by atoms with Crippen molar-refractivity contribution in [3.63, 3.8) is 0 Å². The average molecular weight is 281 g/mol. The fourth-order valence-electron chi connectivity index (χ4n) is 2.40. The molecule has 1 N–H and O–H groups in total. The average Bonchev–Trinajstić information content (AvgIpc) is 3.18. The second-order valence-corrected chi connectivity index (χ2v) is 5.02. The predicted molar refractivity (Wildman–Crippen MR) is 84.1 cm³/mol. The molecule has 0 fully saturated rings. The molecule has 2 heterocycles. The Morgan fingerprint density at radius 2 is 2.10 bits per heavy atom. The van der Waals surface area contributed by atoms with Gasteiger partial charge in [0.15, 0.2) is 5.82 Å². The number of aromatic nitrogens is 4. The zero-order valence-corrected chi connectivity index (χ0v) is 12.1. The molecule has 0 radical (unpaired) electrons. The first-order valence-corrected chi connectivity index (χ1v) is 7.10. The van der Waals surface area contributed by atoms with E-state index in [1.807, 2.05) is 18.5 Å². The van der Waals surface area contributed by atoms with Crippen molar-refractivity contribution >= 4 is 5.69 Å². The van der Waals surface area contributed by atoms with Gasteiger partial charge in [0.1, 0.15) is 5.69 Å². The number of hydrogen-bond acceptors (Lipinski definition) is 3. The zero-order valence-electron chi connectivity index (χ0n) is 12.1. The molecule has 3 aromatic rings. The van der Waals surface area contributed by atoms with Gasteiger partial charge in [-0.1, -0.05) is 18.2 Å². The van der Waals surface area contributed by atoms with E-state index in [1.54, 1.807) is 12.5 Å². The molecule has 0 amide bonds. The quantitative estimate of drug-likeness (QED) is 0.756. The molecule has 5 heteroatoms. The zero-order chi connectivity index (χ0) is 14.5. The van der Waals surface area contributed by atoms with Gasteiger partial charge in [-0.2, -0.15) is 0 Å². The summed E-state index contributed by atoms with van der Waals surface area (Å²) >= 11 is 0. The van der Waals surface area contributed by atoms with Crippen molar-refractivity contribution in [2.75, 3.05) is 18.5 Å². The molecule has 2 aromatic heterocycles. The third kappa shape index (κ3) is 3.13. The Morgan fingerprint density at radius 1 is 1.24 bits per heavy atom. The van der Waals surface area contributed by atoms with Gasteiger partial charge in [-0.15, -0.1) is 0 Å². The number of para-hydroxylation sites is 1. The van der Waals surface area contributed by atoms with Crippen LogP contribution >= 0.6 is 0 Å². The van der Waals surface area contributed by atoms with Crippen molar-refractivity contribution in [3.05, 3.63) is 55.2 Å². The van der Waals surface area contributed by atoms with Crippen molar-refractivity contribution in [2.24, 2.45) is 0 Å². The van der Waals surface area contributed by atoms with Gasteiger partial charge in [0.05, 0.1) is 12.5 Å². The van der Waals surface area contributed by atoms with Crippen LogP contribution in [0.2, 0.25) is 0 Å². The summed E-state index contributed by atoms with van der Waals surface area (Å²) in [6.45, 7) is 1.94. The number of benzene rings is 1. The van der Waals surface area contributed by atoms with Crippen LogP contribution in [0.25, 0.3) is 11.5 Å². The number of nitrogens with zero attached hydrogens (tertiary/aromatic N) is 4. The molecule has 0 unspecified atom stereocenters. The van der Waals surface area contributed by atoms with E-state index in [9.17, 15) is 0 Å². The monoisotopic (exact) mass is 281 g/mol. The summed E-state index contributed by atoms with van der Waals surface area (Å²) in [7, 11) is 2.12. The Morgan fingerprint density at radius 3 is 2.86 bits per heavy atom. The molecule has 0 saturated carbocycles. The van der Waals surface area contributed by atoms with Crippen LogP contribution in [0.15, 0.2) is 55.2 Å². The van der Waals surface area contributed by atoms with E-state index in [1.165, 1.54) is 5.69 Å². The Balaban J connectivity index is 1.58. The van der Waals surface area contributed by atoms with Crippen LogP contribution in [0.4, 0.5) is 5.69 Å². The summed E-state index contributed by atoms with van der Waals surface area (Å²) < 4.78 is 2.16. The van der Waals surface area contributed by atoms with Crippen LogP contribution in [-0.2, 0) is 6.54 Å². The number of rotatable bonds is 6. The number of imidazole rings is 2. The highest BCUT2D eigenvalue weighted by Gasteiger charge is 2.07. The minimum atomic E-state index is 0.936. The Bertz CT molecular complexity index is 657. The molecule has 0 aliphatic carbocycles. The minimum Gasteiger partial charge on any atom is -0.375 e. The number of H-pyrrole nitrogens is 1. The van der Waals surface area contributed by atoms with E-state index in [2.05, 4.69) is 55.7 Å². The largest absolute Gasteiger partial charge is 0.375 e. The van der Waals surface area contributed by atoms with Crippen molar-refractivity contribution in [1.29, 1.82) is 0 Å². The standard InChI is InChI=1S/C16H19N5/c1-20(14-6-3-2-4-7-14)9-5-10-21-11-8-18-16(21)15-12-17-13-19-15/h2-4,6-8,11-13H,5,9-10H2,1H3,(H,17,19). The molecule has 0 saturated heterocycles. The van der Waals surface area contributed by atoms with Gasteiger partial charge in [0, 0.05) is 38.2 Å². The molecular weight excluding hydrogens is 262 g/mol. The van der Waals surface area contributed by atoms with Gasteiger partial charge in [0.25, 0.3) is 0 Å². The van der Waals surface area contributed by atoms with Crippen molar-refractivity contribution in [2.45, 2.75) is 13.0 Å². The number of hydrogen-bond donors (Lipinski definition) is 1. The molecule has 1 aromatic carbocycles. The summed E-state index contributed by atoms with van der Waals surface area (Å²) in [6.07, 6.45) is 8.38. The van der Waals surface area contributed by atoms with Crippen molar-refractivity contribution in [3.8, 4) is 11.5 Å². The van der Waals surface area contributed by atoms with Gasteiger partial charge >= 0.3 is 0 Å². The fourth-order valence-corrected chi connectivity index (χ4v) is 2.40. The minimum absolute atomic E-state index is 0.936. The first kappa shape index (κ1) is 13.4. The summed E-state index contributed by atoms with van der Waals surface area (Å²) in [4.78, 5) is 13.8. The summed E-state index contributed by atoms with van der Waals surface area (Å²) in [5.41, 5.74) is 2.20. The van der Waals surface area contributed by atoms with Crippen molar-refractivity contribution < 1.29 is 0 Å². The number of anilines is 1. The third-order valence-corrected chi connectivity index (χ3v) is 3.54. The molecule has 0 spiro atoms. The van der Waals surface area contributed by atoms with Crippen LogP contribution in [0.1, 0.15) is 6.42 Å². The molecule has 108 valence electrons. The van der Waals surface area contributed by atoms with Crippen molar-refractivity contribution in [1.82, 2.24) is 19.5 Å². The normalized spacial score (nSPS) is 10.7. The maximum atomic E-state index is 4.39. The summed E-state index contributed by atoms with van der Waals surface area (Å²) in [6, 6.07) is 10.4. The Kier molecular flexibility index (Phi) is 4.00. The highest BCUT2D eigenvalue weighted by atomic mass is 15.1. The lowest BCUT2D eigenvalue weighted by molar-refractivity contribution is 0.642. The highest BCUT2D eigenvalue weighted by molar-refractivity contribution is 5.48. The molecule has 0 aliphatic rings. The van der Waals surface area contributed by atoms with Crippen LogP contribution in [0.5, 0.6) is 0 Å². The summed E-state index contributed by atoms with van der Waals surface area (Å²) in [5.74, 6) is 0.940. The maximum absolute atomic E-state index is 4.39. The predicted octanol–water partition coefficient (Wildman–Crippen LogP) is 2.80. The SMILES string of the molecule is CN(CCCn1ccnc1-c1cnc[nH]1)c1ccccc1. The van der Waals surface area contributed by atoms with E-state index in [-0.39, 0.29) is 0 Å². The van der Waals surface area contributed by atoms with E-state index >= 15 is 0 Å². The highest BCUT2D eigenvalue weighted by Crippen LogP contribution is 2.15. The van der Waals surface area contributed by atoms with Gasteiger partial charge in [-0.05, 0) is 18.6 Å². The maximum Gasteiger partial charge on any atom is 0.158 e. The van der Waals surface area contributed by atoms with E-state index in [0.29, 0.717) is 0 Å². The number of nitrogens with one attached hydrogen (secondary N) is 1. The molecule has 0 aliphatic heterocycles. The summed E-state index contributed by atoms with van der Waals surface area (Å²) in [5, 5.41) is 0. The van der Waals surface area contributed by atoms with Crippen LogP contribution in [0.3, 0.4) is 0 Å². The smallest absolute Gasteiger partial charge is 0.158 e. The van der Waals surface area contributed by atoms with Gasteiger partial charge in [-0.25, -0.2) is 9.97 Å². The molecule has 21 heavy (non-hydrogen) atoms. The Labute approximate surface area is 124 Å². The van der Waals surface area contributed by atoms with E-state index in [0.717, 1.165) is 31.0 Å². The lowest BCUT2D eigenvalue weighted by Crippen LogP contribution is -2.19. The van der Waals surface area contributed by atoms with Crippen LogP contribution < -0.4 is 4.90 Å². The van der Waals surface area contributed by atoms with E-state index in [4.69, 9.17) is 0 Å². The Hall–Kier alpha value is -2.56. The topological polar surface area (TPSA) is 49.7 Å². The van der Waals surface area contributed by atoms with Gasteiger partial charge in [0.2, 0.25) is 0 Å². The van der Waals surface area contributed by atoms with Gasteiger partial charge in [-0.3, -0.25) is 0 Å².